The third kappa shape index (κ3) is 3.85. The minimum atomic E-state index is -0.401. The van der Waals surface area contributed by atoms with E-state index < -0.39 is 11.7 Å². The molecule has 24 heavy (non-hydrogen) atoms. The molecular weight excluding hydrogens is 331 g/mol. The van der Waals surface area contributed by atoms with Gasteiger partial charge in [-0.1, -0.05) is 23.7 Å². The molecule has 0 bridgehead atoms. The Morgan fingerprint density at radius 2 is 1.71 bits per heavy atom. The number of anilines is 3. The predicted octanol–water partition coefficient (Wildman–Crippen LogP) is 4.27. The van der Waals surface area contributed by atoms with E-state index in [9.17, 15) is 9.18 Å². The van der Waals surface area contributed by atoms with Crippen LogP contribution in [-0.4, -0.2) is 16.1 Å². The van der Waals surface area contributed by atoms with E-state index in [1.54, 1.807) is 48.5 Å². The molecule has 0 atom stereocenters. The van der Waals surface area contributed by atoms with Crippen molar-refractivity contribution in [1.82, 2.24) is 10.2 Å². The van der Waals surface area contributed by atoms with Gasteiger partial charge in [-0.15, -0.1) is 10.2 Å². The fourth-order valence-corrected chi connectivity index (χ4v) is 2.07. The van der Waals surface area contributed by atoms with Crippen molar-refractivity contribution in [3.05, 3.63) is 77.2 Å². The van der Waals surface area contributed by atoms with Gasteiger partial charge in [0.1, 0.15) is 5.82 Å². The normalized spacial score (nSPS) is 10.2. The van der Waals surface area contributed by atoms with Crippen LogP contribution in [0.3, 0.4) is 0 Å². The van der Waals surface area contributed by atoms with Crippen LogP contribution in [0.4, 0.5) is 21.6 Å². The number of carbonyl (C=O) groups excluding carboxylic acids is 1. The van der Waals surface area contributed by atoms with Crippen LogP contribution in [0.15, 0.2) is 60.7 Å². The molecule has 1 heterocycles. The number of aromatic nitrogens is 2. The van der Waals surface area contributed by atoms with Crippen LogP contribution in [0.2, 0.25) is 5.02 Å². The third-order valence-corrected chi connectivity index (χ3v) is 3.39. The molecular formula is C17H12ClFN4O. The molecule has 2 aromatic carbocycles. The summed E-state index contributed by atoms with van der Waals surface area (Å²) in [6.45, 7) is 0. The topological polar surface area (TPSA) is 66.9 Å². The number of amides is 1. The van der Waals surface area contributed by atoms with Crippen molar-refractivity contribution in [3.63, 3.8) is 0 Å². The van der Waals surface area contributed by atoms with Gasteiger partial charge in [-0.05, 0) is 48.5 Å². The number of nitrogens with zero attached hydrogens (tertiary/aromatic N) is 2. The highest BCUT2D eigenvalue weighted by atomic mass is 35.5. The molecule has 5 nitrogen and oxygen atoms in total. The minimum Gasteiger partial charge on any atom is -0.336 e. The summed E-state index contributed by atoms with van der Waals surface area (Å²) in [5.41, 5.74) is 1.02. The first-order valence-corrected chi connectivity index (χ1v) is 7.42. The van der Waals surface area contributed by atoms with Crippen LogP contribution < -0.4 is 10.6 Å². The van der Waals surface area contributed by atoms with Crippen LogP contribution in [0.25, 0.3) is 0 Å². The lowest BCUT2D eigenvalue weighted by molar-refractivity contribution is 0.102. The van der Waals surface area contributed by atoms with Crippen molar-refractivity contribution in [2.24, 2.45) is 0 Å². The molecule has 1 aromatic heterocycles. The quantitative estimate of drug-likeness (QED) is 0.743. The van der Waals surface area contributed by atoms with Gasteiger partial charge >= 0.3 is 0 Å². The Kier molecular flexibility index (Phi) is 4.67. The first-order valence-electron chi connectivity index (χ1n) is 7.04. The van der Waals surface area contributed by atoms with Crippen LogP contribution in [0, 0.1) is 5.82 Å². The number of benzene rings is 2. The Morgan fingerprint density at radius 1 is 0.958 bits per heavy atom. The second kappa shape index (κ2) is 7.06. The van der Waals surface area contributed by atoms with Gasteiger partial charge in [-0.2, -0.15) is 0 Å². The number of halogens is 2. The summed E-state index contributed by atoms with van der Waals surface area (Å²) in [6.07, 6.45) is 0. The number of rotatable bonds is 4. The number of hydrogen-bond acceptors (Lipinski definition) is 4. The van der Waals surface area contributed by atoms with E-state index in [1.165, 1.54) is 12.1 Å². The fraction of sp³-hybridized carbons (Fsp3) is 0. The van der Waals surface area contributed by atoms with Gasteiger partial charge < -0.3 is 10.6 Å². The molecule has 0 saturated carbocycles. The maximum Gasteiger partial charge on any atom is 0.276 e. The van der Waals surface area contributed by atoms with Gasteiger partial charge in [0, 0.05) is 10.7 Å². The molecule has 0 saturated heterocycles. The molecule has 0 fully saturated rings. The van der Waals surface area contributed by atoms with E-state index in [4.69, 9.17) is 11.6 Å². The molecule has 7 heteroatoms. The van der Waals surface area contributed by atoms with E-state index in [2.05, 4.69) is 20.8 Å². The van der Waals surface area contributed by atoms with Crippen molar-refractivity contribution < 1.29 is 9.18 Å². The summed E-state index contributed by atoms with van der Waals surface area (Å²) in [5, 5.41) is 13.8. The summed E-state index contributed by atoms with van der Waals surface area (Å²) in [7, 11) is 0. The molecule has 0 radical (unpaired) electrons. The van der Waals surface area contributed by atoms with E-state index >= 15 is 0 Å². The second-order valence-electron chi connectivity index (χ2n) is 4.87. The highest BCUT2D eigenvalue weighted by Gasteiger charge is 2.09. The standard InChI is InChI=1S/C17H12ClFN4O/c18-11-5-7-12(8-6-11)20-17(24)15-9-10-16(23-22-15)21-14-4-2-1-3-13(14)19/h1-10H,(H,20,24)(H,21,23). The first kappa shape index (κ1) is 15.9. The van der Waals surface area contributed by atoms with Crippen LogP contribution in [-0.2, 0) is 0 Å². The third-order valence-electron chi connectivity index (χ3n) is 3.14. The zero-order valence-corrected chi connectivity index (χ0v) is 13.1. The molecule has 3 rings (SSSR count). The average molecular weight is 343 g/mol. The van der Waals surface area contributed by atoms with E-state index in [1.807, 2.05) is 0 Å². The van der Waals surface area contributed by atoms with E-state index in [0.29, 0.717) is 16.5 Å². The zero-order valence-electron chi connectivity index (χ0n) is 12.3. The molecule has 1 amide bonds. The first-order chi connectivity index (χ1) is 11.6. The number of carbonyl (C=O) groups is 1. The molecule has 0 spiro atoms. The monoisotopic (exact) mass is 342 g/mol. The van der Waals surface area contributed by atoms with Crippen molar-refractivity contribution in [2.75, 3.05) is 10.6 Å². The van der Waals surface area contributed by atoms with Crippen LogP contribution in [0.1, 0.15) is 10.5 Å². The smallest absolute Gasteiger partial charge is 0.276 e. The maximum atomic E-state index is 13.6. The van der Waals surface area contributed by atoms with Crippen LogP contribution in [0.5, 0.6) is 0 Å². The van der Waals surface area contributed by atoms with Crippen molar-refractivity contribution in [1.29, 1.82) is 0 Å². The molecule has 0 unspecified atom stereocenters. The Hall–Kier alpha value is -2.99. The van der Waals surface area contributed by atoms with Crippen LogP contribution >= 0.6 is 11.6 Å². The largest absolute Gasteiger partial charge is 0.336 e. The molecule has 0 aliphatic carbocycles. The maximum absolute atomic E-state index is 13.6. The molecule has 2 N–H and O–H groups in total. The lowest BCUT2D eigenvalue weighted by Gasteiger charge is -2.07. The summed E-state index contributed by atoms with van der Waals surface area (Å²) in [4.78, 5) is 12.1. The highest BCUT2D eigenvalue weighted by molar-refractivity contribution is 6.30. The average Bonchev–Trinajstić information content (AvgIpc) is 2.59. The number of nitrogens with one attached hydrogen (secondary N) is 2. The van der Waals surface area contributed by atoms with Crippen molar-refractivity contribution in [3.8, 4) is 0 Å². The summed E-state index contributed by atoms with van der Waals surface area (Å²) < 4.78 is 13.6. The number of para-hydroxylation sites is 1. The predicted molar refractivity (Wildman–Crippen MR) is 91.1 cm³/mol. The van der Waals surface area contributed by atoms with Crippen molar-refractivity contribution in [2.45, 2.75) is 0 Å². The van der Waals surface area contributed by atoms with Gasteiger partial charge in [0.2, 0.25) is 0 Å². The van der Waals surface area contributed by atoms with Crippen molar-refractivity contribution >= 4 is 34.7 Å². The second-order valence-corrected chi connectivity index (χ2v) is 5.31. The minimum absolute atomic E-state index is 0.143. The molecule has 0 aliphatic heterocycles. The summed E-state index contributed by atoms with van der Waals surface area (Å²) in [6, 6.07) is 16.0. The Balaban J connectivity index is 1.68. The number of hydrogen-bond donors (Lipinski definition) is 2. The molecule has 3 aromatic rings. The summed E-state index contributed by atoms with van der Waals surface area (Å²) in [5.74, 6) is -0.464. The Labute approximate surface area is 142 Å². The van der Waals surface area contributed by atoms with Gasteiger partial charge in [0.05, 0.1) is 5.69 Å². The lowest BCUT2D eigenvalue weighted by Crippen LogP contribution is -2.14. The molecule has 120 valence electrons. The zero-order chi connectivity index (χ0) is 16.9. The lowest BCUT2D eigenvalue weighted by atomic mass is 10.3. The Morgan fingerprint density at radius 3 is 2.38 bits per heavy atom. The molecule has 0 aliphatic rings. The summed E-state index contributed by atoms with van der Waals surface area (Å²) >= 11 is 5.79. The highest BCUT2D eigenvalue weighted by Crippen LogP contribution is 2.18. The van der Waals surface area contributed by atoms with Gasteiger partial charge in [-0.3, -0.25) is 4.79 Å². The van der Waals surface area contributed by atoms with Gasteiger partial charge in [0.25, 0.3) is 5.91 Å². The van der Waals surface area contributed by atoms with E-state index in [-0.39, 0.29) is 11.4 Å². The Bertz CT molecular complexity index is 853. The van der Waals surface area contributed by atoms with E-state index in [0.717, 1.165) is 0 Å². The van der Waals surface area contributed by atoms with Gasteiger partial charge in [0.15, 0.2) is 11.5 Å². The fourth-order valence-electron chi connectivity index (χ4n) is 1.95. The SMILES string of the molecule is O=C(Nc1ccc(Cl)cc1)c1ccc(Nc2ccccc2F)nn1. The van der Waals surface area contributed by atoms with Gasteiger partial charge in [-0.25, -0.2) is 4.39 Å².